The molecule has 0 aromatic rings. The molecule has 0 spiro atoms. The average Bonchev–Trinajstić information content (AvgIpc) is 2.12. The highest BCUT2D eigenvalue weighted by Crippen LogP contribution is 2.07. The van der Waals surface area contributed by atoms with Gasteiger partial charge in [-0.05, 0) is 32.9 Å². The van der Waals surface area contributed by atoms with E-state index in [-0.39, 0.29) is 0 Å². The number of rotatable bonds is 7. The first-order valence-electron chi connectivity index (χ1n) is 5.18. The molecule has 0 rings (SSSR count). The lowest BCUT2D eigenvalue weighted by Gasteiger charge is -2.25. The van der Waals surface area contributed by atoms with Crippen molar-refractivity contribution in [2.45, 2.75) is 39.2 Å². The van der Waals surface area contributed by atoms with Crippen molar-refractivity contribution in [3.8, 4) is 0 Å². The van der Waals surface area contributed by atoms with Gasteiger partial charge in [0.1, 0.15) is 5.54 Å². The standard InChI is InChI=1S/C10H22N2O2/c1-4-7-12(5-2)8-6-10(3,11)9(13)14/h4-8,11H2,1-3H3,(H,13,14). The first-order chi connectivity index (χ1) is 6.44. The number of nitrogens with zero attached hydrogens (tertiary/aromatic N) is 1. The van der Waals surface area contributed by atoms with Crippen molar-refractivity contribution in [1.29, 1.82) is 0 Å². The summed E-state index contributed by atoms with van der Waals surface area (Å²) >= 11 is 0. The quantitative estimate of drug-likeness (QED) is 0.644. The number of hydrogen-bond donors (Lipinski definition) is 2. The molecule has 0 aromatic heterocycles. The predicted octanol–water partition coefficient (Wildman–Crippen LogP) is 0.910. The van der Waals surface area contributed by atoms with E-state index in [1.54, 1.807) is 6.92 Å². The molecule has 0 aromatic carbocycles. The largest absolute Gasteiger partial charge is 0.480 e. The lowest BCUT2D eigenvalue weighted by atomic mass is 9.99. The summed E-state index contributed by atoms with van der Waals surface area (Å²) in [5.74, 6) is -0.926. The average molecular weight is 202 g/mol. The molecule has 1 unspecified atom stereocenters. The zero-order valence-electron chi connectivity index (χ0n) is 9.42. The Balaban J connectivity index is 3.95. The van der Waals surface area contributed by atoms with Crippen molar-refractivity contribution in [3.05, 3.63) is 0 Å². The van der Waals surface area contributed by atoms with Crippen LogP contribution in [-0.4, -0.2) is 41.1 Å². The summed E-state index contributed by atoms with van der Waals surface area (Å²) in [7, 11) is 0. The molecule has 0 saturated carbocycles. The minimum Gasteiger partial charge on any atom is -0.480 e. The van der Waals surface area contributed by atoms with Crippen LogP contribution in [0.4, 0.5) is 0 Å². The van der Waals surface area contributed by atoms with Crippen LogP contribution in [-0.2, 0) is 4.79 Å². The third-order valence-corrected chi connectivity index (χ3v) is 2.42. The van der Waals surface area contributed by atoms with E-state index < -0.39 is 11.5 Å². The zero-order valence-corrected chi connectivity index (χ0v) is 9.42. The summed E-state index contributed by atoms with van der Waals surface area (Å²) < 4.78 is 0. The number of carbonyl (C=O) groups is 1. The number of carboxylic acids is 1. The number of carboxylic acid groups (broad SMARTS) is 1. The van der Waals surface area contributed by atoms with E-state index in [4.69, 9.17) is 10.8 Å². The van der Waals surface area contributed by atoms with E-state index in [2.05, 4.69) is 18.7 Å². The number of nitrogens with two attached hydrogens (primary N) is 1. The van der Waals surface area contributed by atoms with Crippen molar-refractivity contribution >= 4 is 5.97 Å². The highest BCUT2D eigenvalue weighted by molar-refractivity contribution is 5.77. The van der Waals surface area contributed by atoms with Gasteiger partial charge in [0.25, 0.3) is 0 Å². The molecule has 0 aliphatic carbocycles. The summed E-state index contributed by atoms with van der Waals surface area (Å²) in [6.45, 7) is 8.46. The fraction of sp³-hybridized carbons (Fsp3) is 0.900. The van der Waals surface area contributed by atoms with E-state index in [9.17, 15) is 4.79 Å². The van der Waals surface area contributed by atoms with Gasteiger partial charge in [-0.3, -0.25) is 4.79 Å². The van der Waals surface area contributed by atoms with Crippen molar-refractivity contribution in [3.63, 3.8) is 0 Å². The minimum atomic E-state index is -1.10. The summed E-state index contributed by atoms with van der Waals surface area (Å²) in [5, 5.41) is 8.81. The second kappa shape index (κ2) is 5.98. The van der Waals surface area contributed by atoms with Crippen LogP contribution in [0.3, 0.4) is 0 Å². The maximum Gasteiger partial charge on any atom is 0.323 e. The maximum atomic E-state index is 10.7. The third-order valence-electron chi connectivity index (χ3n) is 2.42. The first-order valence-corrected chi connectivity index (χ1v) is 5.18. The lowest BCUT2D eigenvalue weighted by Crippen LogP contribution is -2.47. The van der Waals surface area contributed by atoms with Crippen molar-refractivity contribution in [2.24, 2.45) is 5.73 Å². The molecule has 0 aliphatic rings. The van der Waals surface area contributed by atoms with E-state index in [1.165, 1.54) is 0 Å². The summed E-state index contributed by atoms with van der Waals surface area (Å²) in [4.78, 5) is 13.0. The Labute approximate surface area is 86.1 Å². The predicted molar refractivity (Wildman–Crippen MR) is 57.3 cm³/mol. The molecule has 1 atom stereocenters. The van der Waals surface area contributed by atoms with Gasteiger partial charge in [0.15, 0.2) is 0 Å². The van der Waals surface area contributed by atoms with Gasteiger partial charge in [0.2, 0.25) is 0 Å². The van der Waals surface area contributed by atoms with Crippen molar-refractivity contribution < 1.29 is 9.90 Å². The highest BCUT2D eigenvalue weighted by atomic mass is 16.4. The van der Waals surface area contributed by atoms with Crippen LogP contribution in [0.15, 0.2) is 0 Å². The molecule has 4 nitrogen and oxygen atoms in total. The second-order valence-corrected chi connectivity index (χ2v) is 3.91. The Morgan fingerprint density at radius 1 is 1.43 bits per heavy atom. The first kappa shape index (κ1) is 13.4. The SMILES string of the molecule is CCCN(CC)CCC(C)(N)C(=O)O. The van der Waals surface area contributed by atoms with Crippen LogP contribution in [0.25, 0.3) is 0 Å². The molecule has 0 fully saturated rings. The minimum absolute atomic E-state index is 0.496. The molecule has 0 bridgehead atoms. The van der Waals surface area contributed by atoms with Crippen molar-refractivity contribution in [2.75, 3.05) is 19.6 Å². The third kappa shape index (κ3) is 4.58. The molecule has 0 saturated heterocycles. The molecule has 0 heterocycles. The van der Waals surface area contributed by atoms with Crippen LogP contribution >= 0.6 is 0 Å². The topological polar surface area (TPSA) is 66.6 Å². The molecule has 0 amide bonds. The molecule has 84 valence electrons. The molecule has 0 radical (unpaired) electrons. The number of hydrogen-bond acceptors (Lipinski definition) is 3. The molecule has 3 N–H and O–H groups in total. The van der Waals surface area contributed by atoms with Crippen LogP contribution in [0.1, 0.15) is 33.6 Å². The monoisotopic (exact) mass is 202 g/mol. The smallest absolute Gasteiger partial charge is 0.323 e. The number of aliphatic carboxylic acids is 1. The second-order valence-electron chi connectivity index (χ2n) is 3.91. The lowest BCUT2D eigenvalue weighted by molar-refractivity contribution is -0.143. The van der Waals surface area contributed by atoms with Gasteiger partial charge in [0.05, 0.1) is 0 Å². The molecule has 0 aliphatic heterocycles. The highest BCUT2D eigenvalue weighted by Gasteiger charge is 2.27. The Hall–Kier alpha value is -0.610. The Morgan fingerprint density at radius 3 is 2.36 bits per heavy atom. The Morgan fingerprint density at radius 2 is 2.00 bits per heavy atom. The molecule has 14 heavy (non-hydrogen) atoms. The molecular weight excluding hydrogens is 180 g/mol. The van der Waals surface area contributed by atoms with Gasteiger partial charge in [-0.25, -0.2) is 0 Å². The van der Waals surface area contributed by atoms with Gasteiger partial charge < -0.3 is 15.7 Å². The van der Waals surface area contributed by atoms with E-state index in [0.29, 0.717) is 6.42 Å². The summed E-state index contributed by atoms with van der Waals surface area (Å²) in [6.07, 6.45) is 1.58. The normalized spacial score (nSPS) is 15.5. The van der Waals surface area contributed by atoms with Crippen molar-refractivity contribution in [1.82, 2.24) is 4.90 Å². The van der Waals surface area contributed by atoms with E-state index >= 15 is 0 Å². The van der Waals surface area contributed by atoms with Gasteiger partial charge in [-0.2, -0.15) is 0 Å². The zero-order chi connectivity index (χ0) is 11.2. The van der Waals surface area contributed by atoms with E-state index in [0.717, 1.165) is 26.1 Å². The van der Waals surface area contributed by atoms with Gasteiger partial charge in [-0.1, -0.05) is 13.8 Å². The maximum absolute atomic E-state index is 10.7. The summed E-state index contributed by atoms with van der Waals surface area (Å²) in [6, 6.07) is 0. The van der Waals surface area contributed by atoms with Crippen LogP contribution in [0, 0.1) is 0 Å². The fourth-order valence-corrected chi connectivity index (χ4v) is 1.24. The summed E-state index contributed by atoms with van der Waals surface area (Å²) in [5.41, 5.74) is 4.54. The van der Waals surface area contributed by atoms with Crippen LogP contribution in [0.2, 0.25) is 0 Å². The van der Waals surface area contributed by atoms with Crippen LogP contribution in [0.5, 0.6) is 0 Å². The van der Waals surface area contributed by atoms with Gasteiger partial charge >= 0.3 is 5.97 Å². The Kier molecular flexibility index (Phi) is 5.72. The van der Waals surface area contributed by atoms with Gasteiger partial charge in [0, 0.05) is 6.54 Å². The van der Waals surface area contributed by atoms with Crippen LogP contribution < -0.4 is 5.73 Å². The van der Waals surface area contributed by atoms with E-state index in [1.807, 2.05) is 0 Å². The fourth-order valence-electron chi connectivity index (χ4n) is 1.24. The molecule has 4 heteroatoms. The Bertz CT molecular complexity index is 181. The molecular formula is C10H22N2O2. The van der Waals surface area contributed by atoms with Gasteiger partial charge in [-0.15, -0.1) is 0 Å².